The van der Waals surface area contributed by atoms with Crippen molar-refractivity contribution in [2.75, 3.05) is 0 Å². The van der Waals surface area contributed by atoms with Gasteiger partial charge in [0, 0.05) is 0 Å². The molecule has 0 saturated heterocycles. The molecule has 0 bridgehead atoms. The largest absolute Gasteiger partial charge is 0.237 e. The molecule has 0 aromatic heterocycles. The standard InChI is InChI=1S/C12HBrClF9/c13-12(10(22)5(17)2(14)6(18)11(12)23)1-3(15)7(19)9(21)8(20)4(1)16/h10H. The minimum absolute atomic E-state index is 1.66. The van der Waals surface area contributed by atoms with Gasteiger partial charge >= 0.3 is 0 Å². The van der Waals surface area contributed by atoms with Gasteiger partial charge in [0.15, 0.2) is 46.9 Å². The summed E-state index contributed by atoms with van der Waals surface area (Å²) >= 11 is 6.99. The molecule has 1 aromatic carbocycles. The van der Waals surface area contributed by atoms with Crippen LogP contribution in [-0.2, 0) is 4.32 Å². The Morgan fingerprint density at radius 2 is 1.17 bits per heavy atom. The van der Waals surface area contributed by atoms with Crippen molar-refractivity contribution in [1.29, 1.82) is 0 Å². The molecule has 1 aliphatic carbocycles. The Labute approximate surface area is 135 Å². The molecule has 2 atom stereocenters. The van der Waals surface area contributed by atoms with Gasteiger partial charge in [-0.2, -0.15) is 0 Å². The van der Waals surface area contributed by atoms with E-state index < -0.39 is 67.7 Å². The van der Waals surface area contributed by atoms with Gasteiger partial charge in [-0.3, -0.25) is 0 Å². The molecule has 0 aliphatic heterocycles. The lowest BCUT2D eigenvalue weighted by Gasteiger charge is -2.33. The number of halogens is 11. The second-order valence-electron chi connectivity index (χ2n) is 4.31. The van der Waals surface area contributed by atoms with Crippen LogP contribution in [0.4, 0.5) is 39.5 Å². The van der Waals surface area contributed by atoms with Crippen molar-refractivity contribution < 1.29 is 39.5 Å². The highest BCUT2D eigenvalue weighted by molar-refractivity contribution is 9.09. The first-order valence-corrected chi connectivity index (χ1v) is 6.61. The normalized spacial score (nSPS) is 25.4. The zero-order valence-corrected chi connectivity index (χ0v) is 12.6. The Morgan fingerprint density at radius 3 is 1.61 bits per heavy atom. The van der Waals surface area contributed by atoms with Crippen molar-refractivity contribution in [2.45, 2.75) is 10.5 Å². The summed E-state index contributed by atoms with van der Waals surface area (Å²) in [5.74, 6) is -19.8. The van der Waals surface area contributed by atoms with Crippen LogP contribution in [0.2, 0.25) is 0 Å². The van der Waals surface area contributed by atoms with Crippen LogP contribution in [0.3, 0.4) is 0 Å². The van der Waals surface area contributed by atoms with Crippen molar-refractivity contribution in [3.63, 3.8) is 0 Å². The summed E-state index contributed by atoms with van der Waals surface area (Å²) < 4.78 is 118. The van der Waals surface area contributed by atoms with Gasteiger partial charge in [-0.25, -0.2) is 39.5 Å². The van der Waals surface area contributed by atoms with E-state index in [-0.39, 0.29) is 0 Å². The molecule has 1 aliphatic rings. The molecule has 0 radical (unpaired) electrons. The Hall–Kier alpha value is -1.16. The monoisotopic (exact) mass is 430 g/mol. The molecule has 2 unspecified atom stereocenters. The lowest BCUT2D eigenvalue weighted by Crippen LogP contribution is -2.38. The van der Waals surface area contributed by atoms with Crippen molar-refractivity contribution >= 4 is 27.5 Å². The molecule has 0 amide bonds. The highest BCUT2D eigenvalue weighted by Crippen LogP contribution is 2.55. The molecule has 23 heavy (non-hydrogen) atoms. The molecule has 2 rings (SSSR count). The molecular weight excluding hydrogens is 430 g/mol. The maximum Gasteiger partial charge on any atom is 0.200 e. The fraction of sp³-hybridized carbons (Fsp3) is 0.167. The Morgan fingerprint density at radius 1 is 0.783 bits per heavy atom. The molecule has 0 N–H and O–H groups in total. The minimum Gasteiger partial charge on any atom is -0.237 e. The number of alkyl halides is 2. The molecule has 11 heteroatoms. The van der Waals surface area contributed by atoms with Gasteiger partial charge < -0.3 is 0 Å². The van der Waals surface area contributed by atoms with Crippen molar-refractivity contribution in [3.8, 4) is 0 Å². The Bertz CT molecular complexity index is 743. The SMILES string of the molecule is FC1=C(F)C(Br)(c2c(F)c(F)c(F)c(F)c2F)C(F)C(F)=C1Cl. The molecule has 126 valence electrons. The van der Waals surface area contributed by atoms with Crippen LogP contribution in [0.1, 0.15) is 5.56 Å². The van der Waals surface area contributed by atoms with Crippen LogP contribution in [0.25, 0.3) is 0 Å². The smallest absolute Gasteiger partial charge is 0.200 e. The van der Waals surface area contributed by atoms with Gasteiger partial charge in [0.25, 0.3) is 0 Å². The van der Waals surface area contributed by atoms with Crippen LogP contribution < -0.4 is 0 Å². The van der Waals surface area contributed by atoms with E-state index in [1.54, 1.807) is 0 Å². The van der Waals surface area contributed by atoms with Gasteiger partial charge in [-0.05, 0) is 0 Å². The van der Waals surface area contributed by atoms with E-state index in [1.807, 2.05) is 15.9 Å². The van der Waals surface area contributed by atoms with E-state index in [2.05, 4.69) is 0 Å². The predicted molar refractivity (Wildman–Crippen MR) is 65.0 cm³/mol. The average molecular weight is 431 g/mol. The van der Waals surface area contributed by atoms with E-state index in [9.17, 15) is 39.5 Å². The van der Waals surface area contributed by atoms with Crippen LogP contribution in [0.15, 0.2) is 22.5 Å². The summed E-state index contributed by atoms with van der Waals surface area (Å²) in [6, 6.07) is 0. The summed E-state index contributed by atoms with van der Waals surface area (Å²) in [7, 11) is 0. The first kappa shape index (κ1) is 18.2. The number of benzene rings is 1. The molecule has 0 nitrogen and oxygen atoms in total. The second kappa shape index (κ2) is 5.73. The third-order valence-corrected chi connectivity index (χ3v) is 4.55. The Kier molecular flexibility index (Phi) is 4.53. The average Bonchev–Trinajstić information content (AvgIpc) is 2.53. The number of rotatable bonds is 1. The van der Waals surface area contributed by atoms with Gasteiger partial charge in [-0.15, -0.1) is 0 Å². The fourth-order valence-corrected chi connectivity index (χ4v) is 2.82. The quantitative estimate of drug-likeness (QED) is 0.225. The minimum atomic E-state index is -3.66. The van der Waals surface area contributed by atoms with Gasteiger partial charge in [0.1, 0.15) is 9.36 Å². The zero-order valence-electron chi connectivity index (χ0n) is 10.2. The second-order valence-corrected chi connectivity index (χ2v) is 5.94. The van der Waals surface area contributed by atoms with E-state index in [0.29, 0.717) is 0 Å². The molecule has 0 spiro atoms. The van der Waals surface area contributed by atoms with E-state index in [4.69, 9.17) is 11.6 Å². The fourth-order valence-electron chi connectivity index (χ4n) is 1.92. The number of hydrogen-bond acceptors (Lipinski definition) is 0. The summed E-state index contributed by atoms with van der Waals surface area (Å²) in [4.78, 5) is 0. The highest BCUT2D eigenvalue weighted by Gasteiger charge is 2.56. The summed E-state index contributed by atoms with van der Waals surface area (Å²) in [5.41, 5.74) is -2.13. The first-order valence-electron chi connectivity index (χ1n) is 5.44. The summed E-state index contributed by atoms with van der Waals surface area (Å²) in [6.45, 7) is 0. The van der Waals surface area contributed by atoms with Crippen LogP contribution >= 0.6 is 27.5 Å². The molecular formula is C12HBrClF9. The summed E-state index contributed by atoms with van der Waals surface area (Å²) in [6.07, 6.45) is -3.40. The van der Waals surface area contributed by atoms with Crippen molar-refractivity contribution in [3.05, 3.63) is 57.2 Å². The maximum absolute atomic E-state index is 14.0. The van der Waals surface area contributed by atoms with Gasteiger partial charge in [-0.1, -0.05) is 27.5 Å². The van der Waals surface area contributed by atoms with Gasteiger partial charge in [0.2, 0.25) is 5.82 Å². The van der Waals surface area contributed by atoms with Crippen LogP contribution in [0.5, 0.6) is 0 Å². The molecule has 0 saturated carbocycles. The lowest BCUT2D eigenvalue weighted by molar-refractivity contribution is 0.234. The van der Waals surface area contributed by atoms with Crippen LogP contribution in [-0.4, -0.2) is 6.17 Å². The predicted octanol–water partition coefficient (Wildman–Crippen LogP) is 5.89. The third kappa shape index (κ3) is 2.29. The topological polar surface area (TPSA) is 0 Å². The lowest BCUT2D eigenvalue weighted by atomic mass is 9.87. The number of hydrogen-bond donors (Lipinski definition) is 0. The molecule has 0 heterocycles. The number of allylic oxidation sites excluding steroid dienone is 4. The maximum atomic E-state index is 14.0. The highest BCUT2D eigenvalue weighted by atomic mass is 79.9. The third-order valence-electron chi connectivity index (χ3n) is 3.06. The summed E-state index contributed by atoms with van der Waals surface area (Å²) in [5, 5.41) is -1.66. The zero-order chi connectivity index (χ0) is 17.9. The Balaban J connectivity index is 2.92. The van der Waals surface area contributed by atoms with Crippen molar-refractivity contribution in [1.82, 2.24) is 0 Å². The van der Waals surface area contributed by atoms with E-state index in [1.165, 1.54) is 0 Å². The molecule has 0 fully saturated rings. The van der Waals surface area contributed by atoms with E-state index >= 15 is 0 Å². The van der Waals surface area contributed by atoms with Crippen molar-refractivity contribution in [2.24, 2.45) is 0 Å². The van der Waals surface area contributed by atoms with Gasteiger partial charge in [0.05, 0.1) is 5.56 Å². The molecule has 1 aromatic rings. The van der Waals surface area contributed by atoms with E-state index in [0.717, 1.165) is 0 Å². The first-order chi connectivity index (χ1) is 10.5. The van der Waals surface area contributed by atoms with Crippen LogP contribution in [0, 0.1) is 29.1 Å².